The number of carbonyl (C=O) groups is 2. The molecule has 2 heteroatoms. The normalized spacial score (nSPS) is 30.4. The predicted molar refractivity (Wildman–Crippen MR) is 118 cm³/mol. The van der Waals surface area contributed by atoms with Crippen LogP contribution in [0.5, 0.6) is 0 Å². The molecule has 2 nitrogen and oxygen atoms in total. The molecule has 0 aromatic heterocycles. The van der Waals surface area contributed by atoms with Crippen LogP contribution in [0.15, 0.2) is 71.8 Å². The molecular formula is C28H26O2. The van der Waals surface area contributed by atoms with Gasteiger partial charge >= 0.3 is 0 Å². The predicted octanol–water partition coefficient (Wildman–Crippen LogP) is 5.89. The molecule has 150 valence electrons. The Hall–Kier alpha value is -2.74. The molecule has 0 bridgehead atoms. The van der Waals surface area contributed by atoms with E-state index < -0.39 is 0 Å². The number of rotatable bonds is 2. The highest BCUT2D eigenvalue weighted by Gasteiger charge is 2.50. The van der Waals surface area contributed by atoms with Gasteiger partial charge < -0.3 is 0 Å². The van der Waals surface area contributed by atoms with Gasteiger partial charge in [0.2, 0.25) is 0 Å². The third-order valence-electron chi connectivity index (χ3n) is 8.11. The number of allylic oxidation sites excluding steroid dienone is 4. The molecule has 0 radical (unpaired) electrons. The van der Waals surface area contributed by atoms with Crippen molar-refractivity contribution in [1.29, 1.82) is 0 Å². The van der Waals surface area contributed by atoms with Crippen molar-refractivity contribution in [2.24, 2.45) is 23.7 Å². The zero-order chi connectivity index (χ0) is 20.2. The Bertz CT molecular complexity index is 1000. The molecule has 2 fully saturated rings. The number of fused-ring (bicyclic) bond motifs is 5. The van der Waals surface area contributed by atoms with E-state index in [1.165, 1.54) is 11.1 Å². The molecule has 0 heterocycles. The van der Waals surface area contributed by atoms with Crippen molar-refractivity contribution < 1.29 is 9.59 Å². The van der Waals surface area contributed by atoms with E-state index in [9.17, 15) is 9.59 Å². The molecule has 6 rings (SSSR count). The highest BCUT2D eigenvalue weighted by Crippen LogP contribution is 2.58. The summed E-state index contributed by atoms with van der Waals surface area (Å²) in [4.78, 5) is 26.0. The average Bonchev–Trinajstić information content (AvgIpc) is 3.30. The maximum Gasteiger partial charge on any atom is 0.164 e. The fourth-order valence-electron chi connectivity index (χ4n) is 6.99. The summed E-state index contributed by atoms with van der Waals surface area (Å²) < 4.78 is 0. The smallest absolute Gasteiger partial charge is 0.164 e. The minimum Gasteiger partial charge on any atom is -0.294 e. The summed E-state index contributed by atoms with van der Waals surface area (Å²) in [5, 5.41) is 0. The second-order valence-corrected chi connectivity index (χ2v) is 9.41. The molecular weight excluding hydrogens is 368 g/mol. The van der Waals surface area contributed by atoms with Crippen LogP contribution in [-0.2, 0) is 9.59 Å². The van der Waals surface area contributed by atoms with Gasteiger partial charge in [0.1, 0.15) is 0 Å². The SMILES string of the molecule is O=C1C[C@@H]2C(=C1c1ccccc1)CC[C@@H]1[C@H]2CCC2=C(c3ccccc3)C(=O)C[C@H]21. The van der Waals surface area contributed by atoms with E-state index in [4.69, 9.17) is 0 Å². The van der Waals surface area contributed by atoms with Crippen molar-refractivity contribution in [3.63, 3.8) is 0 Å². The summed E-state index contributed by atoms with van der Waals surface area (Å²) in [5.41, 5.74) is 7.02. The van der Waals surface area contributed by atoms with Gasteiger partial charge in [-0.05, 0) is 60.5 Å². The average molecular weight is 395 g/mol. The van der Waals surface area contributed by atoms with E-state index >= 15 is 0 Å². The van der Waals surface area contributed by atoms with Crippen molar-refractivity contribution in [2.45, 2.75) is 38.5 Å². The van der Waals surface area contributed by atoms with E-state index in [0.717, 1.165) is 48.0 Å². The van der Waals surface area contributed by atoms with Crippen molar-refractivity contribution in [1.82, 2.24) is 0 Å². The third kappa shape index (κ3) is 2.62. The summed E-state index contributed by atoms with van der Waals surface area (Å²) >= 11 is 0. The molecule has 2 aromatic carbocycles. The summed E-state index contributed by atoms with van der Waals surface area (Å²) in [6, 6.07) is 20.5. The molecule has 30 heavy (non-hydrogen) atoms. The largest absolute Gasteiger partial charge is 0.294 e. The highest BCUT2D eigenvalue weighted by atomic mass is 16.1. The summed E-state index contributed by atoms with van der Waals surface area (Å²) in [6.45, 7) is 0. The van der Waals surface area contributed by atoms with Crippen LogP contribution in [0, 0.1) is 23.7 Å². The lowest BCUT2D eigenvalue weighted by atomic mass is 9.59. The van der Waals surface area contributed by atoms with E-state index in [1.807, 2.05) is 36.4 Å². The topological polar surface area (TPSA) is 34.1 Å². The number of Topliss-reactive ketones (excluding diaryl/α,β-unsaturated/α-hetero) is 2. The van der Waals surface area contributed by atoms with E-state index in [1.54, 1.807) is 0 Å². The summed E-state index contributed by atoms with van der Waals surface area (Å²) in [6.07, 6.45) is 5.60. The second-order valence-electron chi connectivity index (χ2n) is 9.41. The second kappa shape index (κ2) is 6.91. The van der Waals surface area contributed by atoms with Gasteiger partial charge in [-0.15, -0.1) is 0 Å². The Morgan fingerprint density at radius 2 is 0.967 bits per heavy atom. The first-order chi connectivity index (χ1) is 14.7. The van der Waals surface area contributed by atoms with E-state index in [2.05, 4.69) is 24.3 Å². The van der Waals surface area contributed by atoms with Crippen molar-refractivity contribution in [3.05, 3.63) is 82.9 Å². The Morgan fingerprint density at radius 1 is 0.567 bits per heavy atom. The van der Waals surface area contributed by atoms with Gasteiger partial charge in [-0.3, -0.25) is 9.59 Å². The quantitative estimate of drug-likeness (QED) is 0.636. The molecule has 0 aliphatic heterocycles. The van der Waals surface area contributed by atoms with Gasteiger partial charge in [-0.1, -0.05) is 71.8 Å². The van der Waals surface area contributed by atoms with Crippen LogP contribution in [0.3, 0.4) is 0 Å². The van der Waals surface area contributed by atoms with Crippen LogP contribution in [0.25, 0.3) is 11.1 Å². The molecule has 4 atom stereocenters. The molecule has 0 spiro atoms. The van der Waals surface area contributed by atoms with Crippen LogP contribution in [0.4, 0.5) is 0 Å². The third-order valence-corrected chi connectivity index (χ3v) is 8.11. The van der Waals surface area contributed by atoms with Gasteiger partial charge in [-0.25, -0.2) is 0 Å². The Labute approximate surface area is 177 Å². The maximum absolute atomic E-state index is 13.0. The molecule has 0 saturated heterocycles. The van der Waals surface area contributed by atoms with Gasteiger partial charge in [0.25, 0.3) is 0 Å². The van der Waals surface area contributed by atoms with Gasteiger partial charge in [-0.2, -0.15) is 0 Å². The number of ketones is 2. The fourth-order valence-corrected chi connectivity index (χ4v) is 6.99. The number of hydrogen-bond donors (Lipinski definition) is 0. The summed E-state index contributed by atoms with van der Waals surface area (Å²) in [7, 11) is 0. The van der Waals surface area contributed by atoms with Gasteiger partial charge in [0, 0.05) is 24.0 Å². The molecule has 2 aromatic rings. The Morgan fingerprint density at radius 3 is 1.37 bits per heavy atom. The van der Waals surface area contributed by atoms with Crippen LogP contribution >= 0.6 is 0 Å². The maximum atomic E-state index is 13.0. The monoisotopic (exact) mass is 394 g/mol. The zero-order valence-electron chi connectivity index (χ0n) is 17.1. The van der Waals surface area contributed by atoms with E-state index in [-0.39, 0.29) is 0 Å². The van der Waals surface area contributed by atoms with Gasteiger partial charge in [0.15, 0.2) is 11.6 Å². The highest BCUT2D eigenvalue weighted by molar-refractivity contribution is 6.25. The van der Waals surface area contributed by atoms with Crippen LogP contribution in [0.1, 0.15) is 49.7 Å². The van der Waals surface area contributed by atoms with Crippen molar-refractivity contribution in [2.75, 3.05) is 0 Å². The van der Waals surface area contributed by atoms with E-state index in [0.29, 0.717) is 48.1 Å². The molecule has 4 aliphatic carbocycles. The zero-order valence-corrected chi connectivity index (χ0v) is 17.1. The van der Waals surface area contributed by atoms with Crippen LogP contribution in [0.2, 0.25) is 0 Å². The number of benzene rings is 2. The molecule has 0 amide bonds. The Balaban J connectivity index is 1.35. The lowest BCUT2D eigenvalue weighted by Crippen LogP contribution is -2.37. The minimum absolute atomic E-state index is 0.329. The molecule has 0 unspecified atom stereocenters. The first kappa shape index (κ1) is 18.1. The van der Waals surface area contributed by atoms with Crippen molar-refractivity contribution >= 4 is 22.7 Å². The minimum atomic E-state index is 0.329. The Kier molecular flexibility index (Phi) is 4.16. The first-order valence-electron chi connectivity index (χ1n) is 11.4. The lowest BCUT2D eigenvalue weighted by molar-refractivity contribution is -0.115. The number of hydrogen-bond acceptors (Lipinski definition) is 2. The molecule has 0 N–H and O–H groups in total. The molecule has 2 saturated carbocycles. The van der Waals surface area contributed by atoms with Gasteiger partial charge in [0.05, 0.1) is 0 Å². The standard InChI is InChI=1S/C28H26O2/c29-25-15-23-19-12-14-22-24(16-26(30)28(22)18-9-5-2-6-10-18)20(19)11-13-21(23)27(25)17-7-3-1-4-8-17/h1-10,19-20,23-24H,11-16H2/t19-,20-,23+,24+/m1/s1. The fraction of sp³-hybridized carbons (Fsp3) is 0.357. The van der Waals surface area contributed by atoms with Crippen molar-refractivity contribution in [3.8, 4) is 0 Å². The first-order valence-corrected chi connectivity index (χ1v) is 11.4. The molecule has 4 aliphatic rings. The van der Waals surface area contributed by atoms with Crippen LogP contribution < -0.4 is 0 Å². The lowest BCUT2D eigenvalue weighted by Gasteiger charge is -2.45. The van der Waals surface area contributed by atoms with Crippen LogP contribution in [-0.4, -0.2) is 11.6 Å². The number of carbonyl (C=O) groups excluding carboxylic acids is 2. The summed E-state index contributed by atoms with van der Waals surface area (Å²) in [5.74, 6) is 2.55.